The Morgan fingerprint density at radius 3 is 2.78 bits per heavy atom. The van der Waals surface area contributed by atoms with E-state index in [1.54, 1.807) is 37.5 Å². The van der Waals surface area contributed by atoms with Gasteiger partial charge in [0.2, 0.25) is 0 Å². The Morgan fingerprint density at radius 1 is 1.33 bits per heavy atom. The highest BCUT2D eigenvalue weighted by atomic mass is 79.9. The molecule has 0 radical (unpaired) electrons. The van der Waals surface area contributed by atoms with Gasteiger partial charge in [0.05, 0.1) is 5.69 Å². The summed E-state index contributed by atoms with van der Waals surface area (Å²) in [6, 6.07) is 10.6. The number of aromatic nitrogens is 1. The minimum absolute atomic E-state index is 0.151. The summed E-state index contributed by atoms with van der Waals surface area (Å²) in [6.45, 7) is 0. The zero-order valence-electron chi connectivity index (χ0n) is 9.80. The fourth-order valence-corrected chi connectivity index (χ4v) is 2.00. The van der Waals surface area contributed by atoms with E-state index in [4.69, 9.17) is 5.73 Å². The minimum Gasteiger partial charge on any atom is -0.396 e. The fraction of sp³-hybridized carbons (Fsp3) is 0.0769. The fourth-order valence-electron chi connectivity index (χ4n) is 1.60. The smallest absolute Gasteiger partial charge is 0.259 e. The molecule has 5 heteroatoms. The van der Waals surface area contributed by atoms with E-state index in [-0.39, 0.29) is 5.91 Å². The summed E-state index contributed by atoms with van der Waals surface area (Å²) in [7, 11) is 1.65. The molecule has 1 amide bonds. The lowest BCUT2D eigenvalue weighted by Gasteiger charge is -2.17. The summed E-state index contributed by atoms with van der Waals surface area (Å²) in [5, 5.41) is 0. The first-order valence-corrected chi connectivity index (χ1v) is 6.13. The number of benzene rings is 1. The van der Waals surface area contributed by atoms with Gasteiger partial charge in [0.1, 0.15) is 0 Å². The van der Waals surface area contributed by atoms with E-state index in [2.05, 4.69) is 20.9 Å². The molecule has 0 aliphatic heterocycles. The third kappa shape index (κ3) is 2.51. The van der Waals surface area contributed by atoms with E-state index in [1.165, 1.54) is 4.90 Å². The van der Waals surface area contributed by atoms with Crippen LogP contribution in [-0.2, 0) is 0 Å². The van der Waals surface area contributed by atoms with Crippen molar-refractivity contribution in [1.29, 1.82) is 0 Å². The van der Waals surface area contributed by atoms with Crippen LogP contribution >= 0.6 is 15.9 Å². The molecule has 2 rings (SSSR count). The largest absolute Gasteiger partial charge is 0.396 e. The molecule has 4 nitrogen and oxygen atoms in total. The van der Waals surface area contributed by atoms with Crippen molar-refractivity contribution in [3.05, 3.63) is 52.6 Å². The van der Waals surface area contributed by atoms with Crippen molar-refractivity contribution in [2.45, 2.75) is 0 Å². The number of nitrogens with two attached hydrogens (primary N) is 1. The predicted molar refractivity (Wildman–Crippen MR) is 75.5 cm³/mol. The van der Waals surface area contributed by atoms with Gasteiger partial charge in [-0.1, -0.05) is 22.0 Å². The molecule has 0 aliphatic rings. The molecule has 0 spiro atoms. The van der Waals surface area contributed by atoms with E-state index >= 15 is 0 Å². The third-order valence-corrected chi connectivity index (χ3v) is 3.00. The maximum atomic E-state index is 12.3. The highest BCUT2D eigenvalue weighted by Crippen LogP contribution is 2.20. The van der Waals surface area contributed by atoms with Crippen LogP contribution in [0.1, 0.15) is 10.4 Å². The topological polar surface area (TPSA) is 59.2 Å². The number of rotatable bonds is 2. The zero-order chi connectivity index (χ0) is 13.1. The Kier molecular flexibility index (Phi) is 3.62. The number of nitrogens with zero attached hydrogens (tertiary/aromatic N) is 2. The lowest BCUT2D eigenvalue weighted by molar-refractivity contribution is 0.0992. The van der Waals surface area contributed by atoms with Crippen molar-refractivity contribution in [3.8, 4) is 0 Å². The first-order chi connectivity index (χ1) is 8.59. The number of carbonyl (C=O) groups excluding carboxylic acids is 1. The van der Waals surface area contributed by atoms with Gasteiger partial charge < -0.3 is 5.73 Å². The van der Waals surface area contributed by atoms with E-state index in [1.807, 2.05) is 12.1 Å². The Labute approximate surface area is 114 Å². The van der Waals surface area contributed by atoms with Gasteiger partial charge in [-0.05, 0) is 30.3 Å². The first kappa shape index (κ1) is 12.6. The van der Waals surface area contributed by atoms with Crippen LogP contribution < -0.4 is 10.6 Å². The van der Waals surface area contributed by atoms with Crippen LogP contribution in [0.15, 0.2) is 47.1 Å². The van der Waals surface area contributed by atoms with Gasteiger partial charge in [0, 0.05) is 23.3 Å². The van der Waals surface area contributed by atoms with Crippen molar-refractivity contribution in [2.75, 3.05) is 17.7 Å². The van der Waals surface area contributed by atoms with Crippen LogP contribution in [0.4, 0.5) is 11.5 Å². The van der Waals surface area contributed by atoms with Gasteiger partial charge in [0.25, 0.3) is 5.91 Å². The summed E-state index contributed by atoms with van der Waals surface area (Å²) in [5.41, 5.74) is 6.86. The summed E-state index contributed by atoms with van der Waals surface area (Å²) in [5.74, 6) is 0.309. The quantitative estimate of drug-likeness (QED) is 0.928. The van der Waals surface area contributed by atoms with Crippen molar-refractivity contribution in [1.82, 2.24) is 4.98 Å². The lowest BCUT2D eigenvalue weighted by Crippen LogP contribution is -2.27. The van der Waals surface area contributed by atoms with Gasteiger partial charge >= 0.3 is 0 Å². The molecule has 0 fully saturated rings. The number of anilines is 2. The Balaban J connectivity index is 2.32. The SMILES string of the molecule is CN(C(=O)c1cccc(Br)c1)c1ncccc1N. The van der Waals surface area contributed by atoms with Gasteiger partial charge in [-0.15, -0.1) is 0 Å². The highest BCUT2D eigenvalue weighted by molar-refractivity contribution is 9.10. The molecule has 1 aromatic heterocycles. The van der Waals surface area contributed by atoms with Gasteiger partial charge in [0.15, 0.2) is 5.82 Å². The first-order valence-electron chi connectivity index (χ1n) is 5.33. The monoisotopic (exact) mass is 305 g/mol. The number of nitrogen functional groups attached to an aromatic ring is 1. The molecule has 0 unspecified atom stereocenters. The van der Waals surface area contributed by atoms with Crippen LogP contribution in [0.2, 0.25) is 0 Å². The van der Waals surface area contributed by atoms with Crippen molar-refractivity contribution in [3.63, 3.8) is 0 Å². The summed E-state index contributed by atoms with van der Waals surface area (Å²) < 4.78 is 0.857. The predicted octanol–water partition coefficient (Wildman–Crippen LogP) is 2.70. The molecule has 0 bridgehead atoms. The average Bonchev–Trinajstić information content (AvgIpc) is 2.37. The summed E-state index contributed by atoms with van der Waals surface area (Å²) in [6.07, 6.45) is 1.61. The average molecular weight is 306 g/mol. The molecule has 2 N–H and O–H groups in total. The Bertz CT molecular complexity index is 586. The van der Waals surface area contributed by atoms with Crippen LogP contribution in [-0.4, -0.2) is 17.9 Å². The van der Waals surface area contributed by atoms with E-state index in [9.17, 15) is 4.79 Å². The molecule has 1 aromatic carbocycles. The number of hydrogen-bond donors (Lipinski definition) is 1. The molecular formula is C13H12BrN3O. The maximum absolute atomic E-state index is 12.3. The molecule has 92 valence electrons. The van der Waals surface area contributed by atoms with E-state index < -0.39 is 0 Å². The lowest BCUT2D eigenvalue weighted by atomic mass is 10.2. The maximum Gasteiger partial charge on any atom is 0.259 e. The van der Waals surface area contributed by atoms with Crippen LogP contribution in [0.25, 0.3) is 0 Å². The number of halogens is 1. The highest BCUT2D eigenvalue weighted by Gasteiger charge is 2.16. The molecule has 2 aromatic rings. The molecular weight excluding hydrogens is 294 g/mol. The van der Waals surface area contributed by atoms with Crippen molar-refractivity contribution < 1.29 is 4.79 Å². The van der Waals surface area contributed by atoms with Crippen LogP contribution in [0, 0.1) is 0 Å². The molecule has 0 aliphatic carbocycles. The second-order valence-corrected chi connectivity index (χ2v) is 4.71. The van der Waals surface area contributed by atoms with Crippen molar-refractivity contribution >= 4 is 33.3 Å². The molecule has 18 heavy (non-hydrogen) atoms. The van der Waals surface area contributed by atoms with Gasteiger partial charge in [-0.2, -0.15) is 0 Å². The standard InChI is InChI=1S/C13H12BrN3O/c1-17(12-11(15)6-3-7-16-12)13(18)9-4-2-5-10(14)8-9/h2-8H,15H2,1H3. The number of carbonyl (C=O) groups is 1. The van der Waals surface area contributed by atoms with Crippen LogP contribution in [0.5, 0.6) is 0 Å². The summed E-state index contributed by atoms with van der Waals surface area (Å²) in [4.78, 5) is 17.8. The van der Waals surface area contributed by atoms with Crippen LogP contribution in [0.3, 0.4) is 0 Å². The second-order valence-electron chi connectivity index (χ2n) is 3.79. The van der Waals surface area contributed by atoms with E-state index in [0.29, 0.717) is 17.1 Å². The Morgan fingerprint density at radius 2 is 2.11 bits per heavy atom. The zero-order valence-corrected chi connectivity index (χ0v) is 11.4. The summed E-state index contributed by atoms with van der Waals surface area (Å²) >= 11 is 3.34. The van der Waals surface area contributed by atoms with Crippen molar-refractivity contribution in [2.24, 2.45) is 0 Å². The normalized spacial score (nSPS) is 10.1. The molecule has 0 saturated carbocycles. The minimum atomic E-state index is -0.151. The van der Waals surface area contributed by atoms with E-state index in [0.717, 1.165) is 4.47 Å². The number of hydrogen-bond acceptors (Lipinski definition) is 3. The third-order valence-electron chi connectivity index (χ3n) is 2.51. The second kappa shape index (κ2) is 5.18. The van der Waals surface area contributed by atoms with Gasteiger partial charge in [-0.25, -0.2) is 4.98 Å². The number of pyridine rings is 1. The molecule has 1 heterocycles. The molecule has 0 saturated heterocycles. The molecule has 0 atom stereocenters. The number of amides is 1. The van der Waals surface area contributed by atoms with Gasteiger partial charge in [-0.3, -0.25) is 9.69 Å². The Hall–Kier alpha value is -1.88.